The minimum atomic E-state index is -0.647. The zero-order chi connectivity index (χ0) is 11.9. The lowest BCUT2D eigenvalue weighted by atomic mass is 9.92. The first-order valence-electron chi connectivity index (χ1n) is 4.77. The van der Waals surface area contributed by atoms with Crippen molar-refractivity contribution in [2.75, 3.05) is 4.90 Å². The van der Waals surface area contributed by atoms with E-state index >= 15 is 0 Å². The highest BCUT2D eigenvalue weighted by molar-refractivity contribution is 9.10. The van der Waals surface area contributed by atoms with Crippen LogP contribution in [-0.2, 0) is 9.59 Å². The molecule has 1 fully saturated rings. The number of halogens is 1. The van der Waals surface area contributed by atoms with Gasteiger partial charge in [-0.2, -0.15) is 0 Å². The summed E-state index contributed by atoms with van der Waals surface area (Å²) in [7, 11) is 0. The second kappa shape index (κ2) is 3.62. The summed E-state index contributed by atoms with van der Waals surface area (Å²) in [6.45, 7) is 3.50. The predicted octanol–water partition coefficient (Wildman–Crippen LogP) is 1.53. The number of carbonyl (C=O) groups excluding carboxylic acids is 2. The van der Waals surface area contributed by atoms with Crippen molar-refractivity contribution in [2.24, 2.45) is 5.41 Å². The summed E-state index contributed by atoms with van der Waals surface area (Å²) in [4.78, 5) is 32.7. The number of aromatic nitrogens is 2. The average molecular weight is 284 g/mol. The molecule has 1 aromatic rings. The molecule has 84 valence electrons. The van der Waals surface area contributed by atoms with Crippen LogP contribution in [0.3, 0.4) is 0 Å². The van der Waals surface area contributed by atoms with Crippen LogP contribution in [0.15, 0.2) is 17.0 Å². The van der Waals surface area contributed by atoms with Gasteiger partial charge in [-0.3, -0.25) is 9.59 Å². The molecular weight excluding hydrogens is 274 g/mol. The Kier molecular flexibility index (Phi) is 2.53. The van der Waals surface area contributed by atoms with E-state index in [9.17, 15) is 9.59 Å². The molecule has 1 aliphatic heterocycles. The van der Waals surface area contributed by atoms with Crippen molar-refractivity contribution in [1.82, 2.24) is 9.97 Å². The van der Waals surface area contributed by atoms with E-state index in [0.29, 0.717) is 4.60 Å². The van der Waals surface area contributed by atoms with E-state index in [2.05, 4.69) is 25.9 Å². The van der Waals surface area contributed by atoms with E-state index in [1.54, 1.807) is 13.8 Å². The number of amides is 2. The van der Waals surface area contributed by atoms with Gasteiger partial charge in [0.2, 0.25) is 11.8 Å². The predicted molar refractivity (Wildman–Crippen MR) is 60.6 cm³/mol. The van der Waals surface area contributed by atoms with Crippen LogP contribution in [0.4, 0.5) is 5.82 Å². The number of imide groups is 1. The third-order valence-corrected chi connectivity index (χ3v) is 2.87. The van der Waals surface area contributed by atoms with Gasteiger partial charge >= 0.3 is 0 Å². The number of anilines is 1. The zero-order valence-corrected chi connectivity index (χ0v) is 10.5. The van der Waals surface area contributed by atoms with Gasteiger partial charge in [0.1, 0.15) is 4.60 Å². The second-order valence-electron chi connectivity index (χ2n) is 4.29. The minimum absolute atomic E-state index is 0.212. The molecule has 0 radical (unpaired) electrons. The first kappa shape index (κ1) is 11.2. The molecule has 0 saturated carbocycles. The Morgan fingerprint density at radius 2 is 2.00 bits per heavy atom. The van der Waals surface area contributed by atoms with Crippen LogP contribution >= 0.6 is 15.9 Å². The largest absolute Gasteiger partial charge is 0.274 e. The maximum Gasteiger partial charge on any atom is 0.241 e. The van der Waals surface area contributed by atoms with E-state index in [0.717, 1.165) is 4.90 Å². The highest BCUT2D eigenvalue weighted by atomic mass is 79.9. The van der Waals surface area contributed by atoms with Crippen LogP contribution in [0.2, 0.25) is 0 Å². The molecule has 0 atom stereocenters. The second-order valence-corrected chi connectivity index (χ2v) is 5.10. The zero-order valence-electron chi connectivity index (χ0n) is 8.90. The normalized spacial score (nSPS) is 19.3. The Balaban J connectivity index is 2.39. The Hall–Kier alpha value is -1.30. The van der Waals surface area contributed by atoms with Crippen LogP contribution in [0, 0.1) is 5.41 Å². The number of carbonyl (C=O) groups is 2. The lowest BCUT2D eigenvalue weighted by Crippen LogP contribution is -2.33. The van der Waals surface area contributed by atoms with Crippen molar-refractivity contribution in [3.63, 3.8) is 0 Å². The quantitative estimate of drug-likeness (QED) is 0.734. The van der Waals surface area contributed by atoms with E-state index in [1.807, 2.05) is 0 Å². The van der Waals surface area contributed by atoms with Crippen molar-refractivity contribution in [2.45, 2.75) is 20.3 Å². The lowest BCUT2D eigenvalue weighted by Gasteiger charge is -2.16. The first-order valence-corrected chi connectivity index (χ1v) is 5.56. The molecule has 0 N–H and O–H groups in total. The van der Waals surface area contributed by atoms with Gasteiger partial charge in [-0.25, -0.2) is 14.9 Å². The summed E-state index contributed by atoms with van der Waals surface area (Å²) < 4.78 is 0.564. The fourth-order valence-electron chi connectivity index (χ4n) is 1.60. The summed E-state index contributed by atoms with van der Waals surface area (Å²) >= 11 is 3.14. The van der Waals surface area contributed by atoms with Crippen molar-refractivity contribution in [3.05, 3.63) is 17.0 Å². The van der Waals surface area contributed by atoms with Gasteiger partial charge in [0.15, 0.2) is 5.82 Å². The minimum Gasteiger partial charge on any atom is -0.274 e. The molecule has 0 bridgehead atoms. The van der Waals surface area contributed by atoms with Gasteiger partial charge < -0.3 is 0 Å². The van der Waals surface area contributed by atoms with Crippen LogP contribution in [0.25, 0.3) is 0 Å². The molecule has 1 aromatic heterocycles. The van der Waals surface area contributed by atoms with Gasteiger partial charge in [0.05, 0.1) is 17.8 Å². The molecule has 2 heterocycles. The maximum absolute atomic E-state index is 11.9. The lowest BCUT2D eigenvalue weighted by molar-refractivity contribution is -0.124. The average Bonchev–Trinajstić information content (AvgIpc) is 2.39. The molecule has 2 rings (SSSR count). The van der Waals surface area contributed by atoms with Crippen molar-refractivity contribution in [3.8, 4) is 0 Å². The highest BCUT2D eigenvalue weighted by Gasteiger charge is 2.46. The Bertz CT molecular complexity index is 456. The monoisotopic (exact) mass is 283 g/mol. The molecule has 16 heavy (non-hydrogen) atoms. The first-order chi connectivity index (χ1) is 7.42. The Morgan fingerprint density at radius 3 is 2.44 bits per heavy atom. The molecule has 1 aliphatic rings. The van der Waals surface area contributed by atoms with Gasteiger partial charge in [0, 0.05) is 6.42 Å². The topological polar surface area (TPSA) is 63.2 Å². The molecule has 2 amide bonds. The van der Waals surface area contributed by atoms with Crippen LogP contribution in [0.1, 0.15) is 20.3 Å². The third-order valence-electron chi connectivity index (χ3n) is 2.46. The summed E-state index contributed by atoms with van der Waals surface area (Å²) in [6, 6.07) is 0. The number of rotatable bonds is 1. The number of hydrogen-bond donors (Lipinski definition) is 0. The molecule has 0 aliphatic carbocycles. The van der Waals surface area contributed by atoms with E-state index in [1.165, 1.54) is 12.4 Å². The van der Waals surface area contributed by atoms with Gasteiger partial charge in [-0.15, -0.1) is 0 Å². The summed E-state index contributed by atoms with van der Waals surface area (Å²) in [5.41, 5.74) is -0.647. The third kappa shape index (κ3) is 1.73. The molecule has 5 nitrogen and oxygen atoms in total. The van der Waals surface area contributed by atoms with Gasteiger partial charge in [0.25, 0.3) is 0 Å². The summed E-state index contributed by atoms with van der Waals surface area (Å²) in [6.07, 6.45) is 3.08. The van der Waals surface area contributed by atoms with Crippen molar-refractivity contribution >= 4 is 33.6 Å². The summed E-state index contributed by atoms with van der Waals surface area (Å²) in [5.74, 6) is -0.176. The molecule has 0 spiro atoms. The van der Waals surface area contributed by atoms with Crippen LogP contribution in [0.5, 0.6) is 0 Å². The van der Waals surface area contributed by atoms with Gasteiger partial charge in [-0.05, 0) is 15.9 Å². The molecule has 0 aromatic carbocycles. The van der Waals surface area contributed by atoms with E-state index in [4.69, 9.17) is 0 Å². The SMILES string of the molecule is CC1(C)CC(=O)N(c2cnc(Br)cn2)C1=O. The number of hydrogen-bond acceptors (Lipinski definition) is 4. The van der Waals surface area contributed by atoms with Crippen molar-refractivity contribution < 1.29 is 9.59 Å². The van der Waals surface area contributed by atoms with E-state index < -0.39 is 5.41 Å². The maximum atomic E-state index is 11.9. The van der Waals surface area contributed by atoms with Crippen LogP contribution in [-0.4, -0.2) is 21.8 Å². The highest BCUT2D eigenvalue weighted by Crippen LogP contribution is 2.33. The molecule has 0 unspecified atom stereocenters. The standard InChI is InChI=1S/C10H10BrN3O2/c1-10(2)3-8(15)14(9(10)16)7-5-12-6(11)4-13-7/h4-5H,3H2,1-2H3. The Labute approximate surface area is 101 Å². The fraction of sp³-hybridized carbons (Fsp3) is 0.400. The molecular formula is C10H10BrN3O2. The molecule has 1 saturated heterocycles. The van der Waals surface area contributed by atoms with Crippen LogP contribution < -0.4 is 4.90 Å². The number of nitrogens with zero attached hydrogens (tertiary/aromatic N) is 3. The molecule has 6 heteroatoms. The fourth-order valence-corrected chi connectivity index (χ4v) is 1.81. The van der Waals surface area contributed by atoms with E-state index in [-0.39, 0.29) is 24.1 Å². The van der Waals surface area contributed by atoms with Crippen molar-refractivity contribution in [1.29, 1.82) is 0 Å². The Morgan fingerprint density at radius 1 is 1.31 bits per heavy atom. The summed E-state index contributed by atoms with van der Waals surface area (Å²) in [5, 5.41) is 0. The smallest absolute Gasteiger partial charge is 0.241 e. The van der Waals surface area contributed by atoms with Gasteiger partial charge in [-0.1, -0.05) is 13.8 Å².